The summed E-state index contributed by atoms with van der Waals surface area (Å²) in [5.41, 5.74) is 10.2. The second kappa shape index (κ2) is 4.79. The number of benzene rings is 1. The quantitative estimate of drug-likeness (QED) is 0.794. The second-order valence-corrected chi connectivity index (χ2v) is 3.89. The molecule has 2 heteroatoms. The molecule has 1 aromatic heterocycles. The van der Waals surface area contributed by atoms with Gasteiger partial charge in [-0.3, -0.25) is 4.98 Å². The third kappa shape index (κ3) is 2.40. The van der Waals surface area contributed by atoms with Gasteiger partial charge in [0.2, 0.25) is 0 Å². The molecule has 82 valence electrons. The average Bonchev–Trinajstić information content (AvgIpc) is 2.33. The molecule has 0 unspecified atom stereocenters. The highest BCUT2D eigenvalue weighted by Gasteiger charge is 2.00. The molecule has 2 nitrogen and oxygen atoms in total. The van der Waals surface area contributed by atoms with Crippen molar-refractivity contribution in [3.63, 3.8) is 0 Å². The number of para-hydroxylation sites is 1. The van der Waals surface area contributed by atoms with Crippen molar-refractivity contribution in [2.75, 3.05) is 5.73 Å². The van der Waals surface area contributed by atoms with Crippen molar-refractivity contribution in [1.29, 1.82) is 0 Å². The van der Waals surface area contributed by atoms with Gasteiger partial charge in [0.05, 0.1) is 0 Å². The predicted octanol–water partition coefficient (Wildman–Crippen LogP) is 2.82. The van der Waals surface area contributed by atoms with Gasteiger partial charge in [0.1, 0.15) is 0 Å². The molecule has 2 aromatic rings. The first kappa shape index (κ1) is 10.7. The van der Waals surface area contributed by atoms with E-state index in [-0.39, 0.29) is 0 Å². The van der Waals surface area contributed by atoms with E-state index in [2.05, 4.69) is 24.0 Å². The Kier molecular flexibility index (Phi) is 3.20. The van der Waals surface area contributed by atoms with E-state index in [9.17, 15) is 0 Å². The van der Waals surface area contributed by atoms with Crippen LogP contribution in [0.15, 0.2) is 42.6 Å². The lowest BCUT2D eigenvalue weighted by atomic mass is 10.1. The zero-order valence-electron chi connectivity index (χ0n) is 9.48. The molecular weight excluding hydrogens is 196 g/mol. The van der Waals surface area contributed by atoms with E-state index >= 15 is 0 Å². The zero-order valence-corrected chi connectivity index (χ0v) is 9.48. The number of aryl methyl sites for hydroxylation is 1. The van der Waals surface area contributed by atoms with Gasteiger partial charge >= 0.3 is 0 Å². The van der Waals surface area contributed by atoms with Gasteiger partial charge in [-0.2, -0.15) is 0 Å². The van der Waals surface area contributed by atoms with Gasteiger partial charge in [0, 0.05) is 24.0 Å². The van der Waals surface area contributed by atoms with Crippen molar-refractivity contribution in [2.45, 2.75) is 19.8 Å². The number of nitrogens with zero attached hydrogens (tertiary/aromatic N) is 1. The highest BCUT2D eigenvalue weighted by atomic mass is 14.7. The summed E-state index contributed by atoms with van der Waals surface area (Å²) in [6.07, 6.45) is 3.77. The van der Waals surface area contributed by atoms with E-state index < -0.39 is 0 Å². The molecule has 0 bridgehead atoms. The molecule has 0 atom stereocenters. The minimum Gasteiger partial charge on any atom is -0.398 e. The Morgan fingerprint density at radius 1 is 1.12 bits per heavy atom. The monoisotopic (exact) mass is 212 g/mol. The van der Waals surface area contributed by atoms with Crippen LogP contribution >= 0.6 is 0 Å². The maximum absolute atomic E-state index is 5.90. The van der Waals surface area contributed by atoms with Crippen molar-refractivity contribution >= 4 is 5.69 Å². The van der Waals surface area contributed by atoms with Gasteiger partial charge in [0.25, 0.3) is 0 Å². The Morgan fingerprint density at radius 2 is 1.94 bits per heavy atom. The highest BCUT2D eigenvalue weighted by molar-refractivity contribution is 5.47. The minimum absolute atomic E-state index is 0.802. The number of anilines is 1. The van der Waals surface area contributed by atoms with Crippen molar-refractivity contribution in [3.05, 3.63) is 59.4 Å². The molecule has 0 aliphatic heterocycles. The van der Waals surface area contributed by atoms with Gasteiger partial charge in [-0.1, -0.05) is 31.2 Å². The molecule has 0 aliphatic carbocycles. The molecule has 0 fully saturated rings. The number of nitrogens with two attached hydrogens (primary N) is 1. The first-order chi connectivity index (χ1) is 7.79. The third-order valence-electron chi connectivity index (χ3n) is 2.72. The molecular formula is C14H16N2. The van der Waals surface area contributed by atoms with Gasteiger partial charge in [-0.15, -0.1) is 0 Å². The summed E-state index contributed by atoms with van der Waals surface area (Å²) >= 11 is 0. The summed E-state index contributed by atoms with van der Waals surface area (Å²) in [4.78, 5) is 4.43. The number of hydrogen-bond acceptors (Lipinski definition) is 2. The van der Waals surface area contributed by atoms with Crippen LogP contribution in [0.1, 0.15) is 23.7 Å². The number of hydrogen-bond donors (Lipinski definition) is 1. The summed E-state index contributed by atoms with van der Waals surface area (Å²) in [6.45, 7) is 2.13. The molecule has 2 rings (SSSR count). The lowest BCUT2D eigenvalue weighted by molar-refractivity contribution is 1.03. The SMILES string of the molecule is CCc1ccc(Cc2ccccc2N)nc1. The van der Waals surface area contributed by atoms with Gasteiger partial charge in [-0.05, 0) is 29.7 Å². The predicted molar refractivity (Wildman–Crippen MR) is 67.3 cm³/mol. The Bertz CT molecular complexity index is 460. The van der Waals surface area contributed by atoms with Crippen LogP contribution in [0.3, 0.4) is 0 Å². The van der Waals surface area contributed by atoms with Gasteiger partial charge in [0.15, 0.2) is 0 Å². The van der Waals surface area contributed by atoms with E-state index in [1.165, 1.54) is 5.56 Å². The molecule has 16 heavy (non-hydrogen) atoms. The maximum Gasteiger partial charge on any atom is 0.0448 e. The average molecular weight is 212 g/mol. The van der Waals surface area contributed by atoms with Crippen molar-refractivity contribution in [3.8, 4) is 0 Å². The molecule has 1 aromatic carbocycles. The first-order valence-corrected chi connectivity index (χ1v) is 5.56. The van der Waals surface area contributed by atoms with Crippen LogP contribution in [0.2, 0.25) is 0 Å². The van der Waals surface area contributed by atoms with Crippen molar-refractivity contribution in [1.82, 2.24) is 4.98 Å². The second-order valence-electron chi connectivity index (χ2n) is 3.89. The van der Waals surface area contributed by atoms with Crippen molar-refractivity contribution < 1.29 is 0 Å². The smallest absolute Gasteiger partial charge is 0.0448 e. The van der Waals surface area contributed by atoms with E-state index in [1.807, 2.05) is 30.5 Å². The van der Waals surface area contributed by atoms with E-state index in [0.29, 0.717) is 0 Å². The van der Waals surface area contributed by atoms with Crippen LogP contribution in [0.5, 0.6) is 0 Å². The Labute approximate surface area is 96.1 Å². The number of nitrogen functional groups attached to an aromatic ring is 1. The molecule has 0 saturated heterocycles. The van der Waals surface area contributed by atoms with Crippen LogP contribution in [-0.4, -0.2) is 4.98 Å². The topological polar surface area (TPSA) is 38.9 Å². The van der Waals surface area contributed by atoms with Gasteiger partial charge < -0.3 is 5.73 Å². The minimum atomic E-state index is 0.802. The molecule has 0 spiro atoms. The molecule has 0 radical (unpaired) electrons. The summed E-state index contributed by atoms with van der Waals surface area (Å²) in [7, 11) is 0. The van der Waals surface area contributed by atoms with E-state index in [4.69, 9.17) is 5.73 Å². The molecule has 1 heterocycles. The van der Waals surface area contributed by atoms with Crippen LogP contribution < -0.4 is 5.73 Å². The number of aromatic nitrogens is 1. The maximum atomic E-state index is 5.90. The lowest BCUT2D eigenvalue weighted by Gasteiger charge is -2.05. The Hall–Kier alpha value is -1.83. The van der Waals surface area contributed by atoms with Crippen LogP contribution in [0.25, 0.3) is 0 Å². The molecule has 0 amide bonds. The number of pyridine rings is 1. The summed E-state index contributed by atoms with van der Waals surface area (Å²) < 4.78 is 0. The zero-order chi connectivity index (χ0) is 11.4. The fraction of sp³-hybridized carbons (Fsp3) is 0.214. The van der Waals surface area contributed by atoms with E-state index in [0.717, 1.165) is 29.8 Å². The molecule has 0 aliphatic rings. The first-order valence-electron chi connectivity index (χ1n) is 5.56. The Balaban J connectivity index is 2.18. The standard InChI is InChI=1S/C14H16N2/c1-2-11-7-8-13(16-10-11)9-12-5-3-4-6-14(12)15/h3-8,10H,2,9,15H2,1H3. The van der Waals surface area contributed by atoms with Crippen LogP contribution in [0.4, 0.5) is 5.69 Å². The third-order valence-corrected chi connectivity index (χ3v) is 2.72. The molecule has 2 N–H and O–H groups in total. The van der Waals surface area contributed by atoms with Gasteiger partial charge in [-0.25, -0.2) is 0 Å². The summed E-state index contributed by atoms with van der Waals surface area (Å²) in [6, 6.07) is 12.1. The van der Waals surface area contributed by atoms with E-state index in [1.54, 1.807) is 0 Å². The fourth-order valence-electron chi connectivity index (χ4n) is 1.66. The molecule has 0 saturated carbocycles. The lowest BCUT2D eigenvalue weighted by Crippen LogP contribution is -1.97. The summed E-state index contributed by atoms with van der Waals surface area (Å²) in [5, 5.41) is 0. The normalized spacial score (nSPS) is 10.3. The largest absolute Gasteiger partial charge is 0.398 e. The van der Waals surface area contributed by atoms with Crippen molar-refractivity contribution in [2.24, 2.45) is 0 Å². The summed E-state index contributed by atoms with van der Waals surface area (Å²) in [5.74, 6) is 0. The van der Waals surface area contributed by atoms with Crippen LogP contribution in [0, 0.1) is 0 Å². The highest BCUT2D eigenvalue weighted by Crippen LogP contribution is 2.14. The number of rotatable bonds is 3. The van der Waals surface area contributed by atoms with Crippen LogP contribution in [-0.2, 0) is 12.8 Å². The fourth-order valence-corrected chi connectivity index (χ4v) is 1.66. The Morgan fingerprint density at radius 3 is 2.56 bits per heavy atom.